The number of ether oxygens (including phenoxy) is 1. The third-order valence-corrected chi connectivity index (χ3v) is 5.85. The number of imidazole rings is 1. The minimum absolute atomic E-state index is 0.0982. The minimum atomic E-state index is -0.609. The van der Waals surface area contributed by atoms with Crippen molar-refractivity contribution in [1.29, 1.82) is 0 Å². The zero-order valence-corrected chi connectivity index (χ0v) is 16.7. The van der Waals surface area contributed by atoms with Crippen LogP contribution >= 0.6 is 0 Å². The molecule has 6 nitrogen and oxygen atoms in total. The van der Waals surface area contributed by atoms with E-state index < -0.39 is 11.5 Å². The Labute approximate surface area is 173 Å². The Bertz CT molecular complexity index is 1290. The summed E-state index contributed by atoms with van der Waals surface area (Å²) in [7, 11) is 0. The van der Waals surface area contributed by atoms with Crippen LogP contribution in [0.1, 0.15) is 36.8 Å². The van der Waals surface area contributed by atoms with Gasteiger partial charge in [-0.3, -0.25) is 14.3 Å². The molecular weight excluding hydrogens is 378 g/mol. The number of H-pyrrole nitrogens is 1. The number of aromatic amines is 1. The molecule has 1 fully saturated rings. The fourth-order valence-corrected chi connectivity index (χ4v) is 4.55. The van der Waals surface area contributed by atoms with Gasteiger partial charge in [-0.05, 0) is 43.2 Å². The molecule has 2 atom stereocenters. The lowest BCUT2D eigenvalue weighted by atomic mass is 9.75. The topological polar surface area (TPSA) is 77.0 Å². The molecular formula is C24H21N3O3. The predicted molar refractivity (Wildman–Crippen MR) is 114 cm³/mol. The normalized spacial score (nSPS) is 20.4. The van der Waals surface area contributed by atoms with Gasteiger partial charge in [-0.2, -0.15) is 0 Å². The summed E-state index contributed by atoms with van der Waals surface area (Å²) in [4.78, 5) is 32.2. The van der Waals surface area contributed by atoms with E-state index in [2.05, 4.69) is 9.97 Å². The van der Waals surface area contributed by atoms with Gasteiger partial charge in [0.05, 0.1) is 28.8 Å². The van der Waals surface area contributed by atoms with E-state index in [4.69, 9.17) is 4.74 Å². The highest BCUT2D eigenvalue weighted by Crippen LogP contribution is 2.49. The number of nitrogens with one attached hydrogen (secondary N) is 1. The van der Waals surface area contributed by atoms with Crippen molar-refractivity contribution in [1.82, 2.24) is 14.5 Å². The van der Waals surface area contributed by atoms with Crippen LogP contribution in [-0.4, -0.2) is 26.1 Å². The molecule has 3 heterocycles. The standard InChI is InChI=1S/C24H21N3O3/c1-24(2)21(16-6-4-3-5-7-16)20(22(28)30-24)15-8-10-17(11-9-15)27-19-12-13-25-14-18(19)26-23(27)29/h3-14,20-21H,1-2H3,(H,26,29)/t20?,21-/m1/s1. The Balaban J connectivity index is 1.57. The molecule has 0 saturated carbocycles. The van der Waals surface area contributed by atoms with Crippen LogP contribution in [0.5, 0.6) is 0 Å². The Morgan fingerprint density at radius 3 is 2.43 bits per heavy atom. The molecule has 6 heteroatoms. The van der Waals surface area contributed by atoms with Gasteiger partial charge in [0.15, 0.2) is 0 Å². The zero-order chi connectivity index (χ0) is 20.9. The average Bonchev–Trinajstić information content (AvgIpc) is 3.20. The third kappa shape index (κ3) is 2.84. The zero-order valence-electron chi connectivity index (χ0n) is 16.7. The van der Waals surface area contributed by atoms with Gasteiger partial charge in [0, 0.05) is 12.1 Å². The number of nitrogens with zero attached hydrogens (tertiary/aromatic N) is 2. The van der Waals surface area contributed by atoms with E-state index in [-0.39, 0.29) is 17.6 Å². The largest absolute Gasteiger partial charge is 0.458 e. The molecule has 0 amide bonds. The second kappa shape index (κ2) is 6.69. The number of hydrogen-bond acceptors (Lipinski definition) is 4. The molecule has 150 valence electrons. The van der Waals surface area contributed by atoms with Crippen molar-refractivity contribution in [3.8, 4) is 5.69 Å². The maximum Gasteiger partial charge on any atom is 0.331 e. The lowest BCUT2D eigenvalue weighted by molar-refractivity contribution is -0.147. The first-order valence-corrected chi connectivity index (χ1v) is 9.88. The number of carbonyl (C=O) groups excluding carboxylic acids is 1. The van der Waals surface area contributed by atoms with Crippen LogP contribution in [0, 0.1) is 0 Å². The smallest absolute Gasteiger partial charge is 0.331 e. The van der Waals surface area contributed by atoms with Crippen LogP contribution in [0.2, 0.25) is 0 Å². The number of cyclic esters (lactones) is 1. The van der Waals surface area contributed by atoms with E-state index in [9.17, 15) is 9.59 Å². The second-order valence-corrected chi connectivity index (χ2v) is 8.14. The Morgan fingerprint density at radius 2 is 1.70 bits per heavy atom. The van der Waals surface area contributed by atoms with Crippen molar-refractivity contribution in [2.24, 2.45) is 0 Å². The SMILES string of the molecule is CC1(C)OC(=O)C(c2ccc(-n3c(=O)[nH]c4cnccc43)cc2)[C@H]1c1ccccc1. The molecule has 4 aromatic rings. The summed E-state index contributed by atoms with van der Waals surface area (Å²) in [6.45, 7) is 3.91. The van der Waals surface area contributed by atoms with Crippen molar-refractivity contribution >= 4 is 17.0 Å². The van der Waals surface area contributed by atoms with Crippen LogP contribution in [0.25, 0.3) is 16.7 Å². The quantitative estimate of drug-likeness (QED) is 0.530. The lowest BCUT2D eigenvalue weighted by Crippen LogP contribution is -2.27. The highest BCUT2D eigenvalue weighted by atomic mass is 16.6. The molecule has 0 bridgehead atoms. The van der Waals surface area contributed by atoms with Gasteiger partial charge in [0.25, 0.3) is 0 Å². The van der Waals surface area contributed by atoms with Gasteiger partial charge in [0.2, 0.25) is 0 Å². The number of pyridine rings is 1. The maximum atomic E-state index is 12.8. The summed E-state index contributed by atoms with van der Waals surface area (Å²) in [5.74, 6) is -0.726. The minimum Gasteiger partial charge on any atom is -0.458 e. The highest BCUT2D eigenvalue weighted by molar-refractivity contribution is 5.83. The first-order valence-electron chi connectivity index (χ1n) is 9.88. The molecule has 2 aromatic carbocycles. The molecule has 0 spiro atoms. The van der Waals surface area contributed by atoms with E-state index in [0.717, 1.165) is 22.3 Å². The van der Waals surface area contributed by atoms with Crippen molar-refractivity contribution in [2.75, 3.05) is 0 Å². The van der Waals surface area contributed by atoms with Gasteiger partial charge < -0.3 is 9.72 Å². The van der Waals surface area contributed by atoms with Gasteiger partial charge in [0.1, 0.15) is 5.60 Å². The van der Waals surface area contributed by atoms with Gasteiger partial charge >= 0.3 is 11.7 Å². The second-order valence-electron chi connectivity index (χ2n) is 8.14. The molecule has 0 aliphatic carbocycles. The molecule has 1 saturated heterocycles. The summed E-state index contributed by atoms with van der Waals surface area (Å²) >= 11 is 0. The van der Waals surface area contributed by atoms with Crippen molar-refractivity contribution in [3.63, 3.8) is 0 Å². The first-order chi connectivity index (χ1) is 14.5. The Morgan fingerprint density at radius 1 is 0.967 bits per heavy atom. The monoisotopic (exact) mass is 399 g/mol. The van der Waals surface area contributed by atoms with Crippen molar-refractivity contribution in [3.05, 3.63) is 94.7 Å². The Hall–Kier alpha value is -3.67. The summed E-state index contributed by atoms with van der Waals surface area (Å²) in [5, 5.41) is 0. The number of hydrogen-bond donors (Lipinski definition) is 1. The van der Waals surface area contributed by atoms with Crippen molar-refractivity contribution in [2.45, 2.75) is 31.3 Å². The third-order valence-electron chi connectivity index (χ3n) is 5.85. The molecule has 5 rings (SSSR count). The van der Waals surface area contributed by atoms with Crippen molar-refractivity contribution < 1.29 is 9.53 Å². The fraction of sp³-hybridized carbons (Fsp3) is 0.208. The molecule has 30 heavy (non-hydrogen) atoms. The molecule has 1 aliphatic rings. The number of aromatic nitrogens is 3. The van der Waals surface area contributed by atoms with E-state index >= 15 is 0 Å². The summed E-state index contributed by atoms with van der Waals surface area (Å²) in [5.41, 5.74) is 3.27. The molecule has 1 aliphatic heterocycles. The van der Waals surface area contributed by atoms with Crippen LogP contribution in [0.3, 0.4) is 0 Å². The van der Waals surface area contributed by atoms with Crippen LogP contribution in [-0.2, 0) is 9.53 Å². The lowest BCUT2D eigenvalue weighted by Gasteiger charge is -2.27. The number of esters is 1. The fourth-order valence-electron chi connectivity index (χ4n) is 4.55. The number of carbonyl (C=O) groups is 1. The Kier molecular flexibility index (Phi) is 4.10. The summed E-state index contributed by atoms with van der Waals surface area (Å²) < 4.78 is 7.36. The van der Waals surface area contributed by atoms with Gasteiger partial charge in [-0.1, -0.05) is 42.5 Å². The molecule has 2 aromatic heterocycles. The first kappa shape index (κ1) is 18.4. The van der Waals surface area contributed by atoms with Crippen LogP contribution in [0.4, 0.5) is 0 Å². The van der Waals surface area contributed by atoms with Gasteiger partial charge in [-0.15, -0.1) is 0 Å². The summed E-state index contributed by atoms with van der Waals surface area (Å²) in [6.07, 6.45) is 3.28. The van der Waals surface area contributed by atoms with E-state index in [1.165, 1.54) is 0 Å². The number of fused-ring (bicyclic) bond motifs is 1. The summed E-state index contributed by atoms with van der Waals surface area (Å²) in [6, 6.07) is 19.3. The maximum absolute atomic E-state index is 12.8. The van der Waals surface area contributed by atoms with E-state index in [1.54, 1.807) is 23.0 Å². The average molecular weight is 399 g/mol. The molecule has 1 N–H and O–H groups in total. The van der Waals surface area contributed by atoms with E-state index in [0.29, 0.717) is 5.52 Å². The van der Waals surface area contributed by atoms with Crippen LogP contribution in [0.15, 0.2) is 77.9 Å². The molecule has 0 radical (unpaired) electrons. The highest BCUT2D eigenvalue weighted by Gasteiger charge is 2.51. The molecule has 1 unspecified atom stereocenters. The number of rotatable bonds is 3. The van der Waals surface area contributed by atoms with Gasteiger partial charge in [-0.25, -0.2) is 4.79 Å². The predicted octanol–water partition coefficient (Wildman–Crippen LogP) is 3.92. The van der Waals surface area contributed by atoms with E-state index in [1.807, 2.05) is 68.4 Å². The van der Waals surface area contributed by atoms with Crippen LogP contribution < -0.4 is 5.69 Å². The number of benzene rings is 2.